The van der Waals surface area contributed by atoms with Crippen LogP contribution >= 0.6 is 0 Å². The minimum Gasteiger partial charge on any atom is -0.299 e. The van der Waals surface area contributed by atoms with Crippen LogP contribution in [0.3, 0.4) is 0 Å². The molecule has 0 saturated carbocycles. The summed E-state index contributed by atoms with van der Waals surface area (Å²) < 4.78 is 0. The van der Waals surface area contributed by atoms with E-state index in [0.717, 1.165) is 13.0 Å². The fourth-order valence-electron chi connectivity index (χ4n) is 1.42. The van der Waals surface area contributed by atoms with E-state index in [1.54, 1.807) is 0 Å². The minimum atomic E-state index is 0.435. The van der Waals surface area contributed by atoms with Gasteiger partial charge in [-0.05, 0) is 19.5 Å². The molecule has 0 spiro atoms. The first-order chi connectivity index (χ1) is 6.75. The highest BCUT2D eigenvalue weighted by Gasteiger charge is 2.09. The highest BCUT2D eigenvalue weighted by atomic mass is 15.1. The second kappa shape index (κ2) is 5.47. The summed E-state index contributed by atoms with van der Waals surface area (Å²) in [7, 11) is 2.11. The zero-order valence-corrected chi connectivity index (χ0v) is 8.90. The van der Waals surface area contributed by atoms with E-state index in [-0.39, 0.29) is 0 Å². The number of hydrogen-bond donors (Lipinski definition) is 0. The first-order valence-corrected chi connectivity index (χ1v) is 4.94. The van der Waals surface area contributed by atoms with E-state index in [4.69, 9.17) is 6.42 Å². The summed E-state index contributed by atoms with van der Waals surface area (Å²) in [5.74, 6) is 2.66. The summed E-state index contributed by atoms with van der Waals surface area (Å²) in [5.41, 5.74) is 1.34. The van der Waals surface area contributed by atoms with Crippen molar-refractivity contribution >= 4 is 0 Å². The Morgan fingerprint density at radius 2 is 2.00 bits per heavy atom. The molecule has 0 radical (unpaired) electrons. The first kappa shape index (κ1) is 10.8. The van der Waals surface area contributed by atoms with Gasteiger partial charge in [0.05, 0.1) is 0 Å². The van der Waals surface area contributed by atoms with Crippen LogP contribution in [0, 0.1) is 12.3 Å². The van der Waals surface area contributed by atoms with Crippen molar-refractivity contribution in [2.45, 2.75) is 19.4 Å². The molecule has 0 saturated heterocycles. The number of rotatable bonds is 4. The van der Waals surface area contributed by atoms with Crippen LogP contribution < -0.4 is 0 Å². The molecule has 1 atom stereocenters. The third kappa shape index (κ3) is 2.90. The van der Waals surface area contributed by atoms with Crippen molar-refractivity contribution in [1.82, 2.24) is 4.90 Å². The lowest BCUT2D eigenvalue weighted by Gasteiger charge is -2.24. The maximum atomic E-state index is 5.24. The summed E-state index contributed by atoms with van der Waals surface area (Å²) in [6, 6.07) is 10.9. The molecule has 0 aliphatic carbocycles. The standard InChI is InChI=1S/C13H17N/c1-4-5-11-14(3)12(2)13-9-7-6-8-10-13/h1,6-10,12H,5,11H2,2-3H3. The molecule has 0 heterocycles. The largest absolute Gasteiger partial charge is 0.299 e. The fourth-order valence-corrected chi connectivity index (χ4v) is 1.42. The van der Waals surface area contributed by atoms with Crippen LogP contribution in [-0.4, -0.2) is 18.5 Å². The quantitative estimate of drug-likeness (QED) is 0.655. The van der Waals surface area contributed by atoms with Crippen LogP contribution in [0.5, 0.6) is 0 Å². The Balaban J connectivity index is 2.57. The normalized spacial score (nSPS) is 12.4. The predicted octanol–water partition coefficient (Wildman–Crippen LogP) is 2.70. The number of hydrogen-bond acceptors (Lipinski definition) is 1. The van der Waals surface area contributed by atoms with Crippen molar-refractivity contribution < 1.29 is 0 Å². The average Bonchev–Trinajstić information content (AvgIpc) is 2.26. The van der Waals surface area contributed by atoms with E-state index in [9.17, 15) is 0 Å². The van der Waals surface area contributed by atoms with Crippen LogP contribution in [0.15, 0.2) is 30.3 Å². The van der Waals surface area contributed by atoms with Gasteiger partial charge in [-0.15, -0.1) is 12.3 Å². The predicted molar refractivity (Wildman–Crippen MR) is 60.9 cm³/mol. The highest BCUT2D eigenvalue weighted by molar-refractivity contribution is 5.18. The molecule has 0 fully saturated rings. The van der Waals surface area contributed by atoms with E-state index in [1.165, 1.54) is 5.56 Å². The van der Waals surface area contributed by atoms with Gasteiger partial charge < -0.3 is 0 Å². The molecular weight excluding hydrogens is 170 g/mol. The Morgan fingerprint density at radius 1 is 1.36 bits per heavy atom. The van der Waals surface area contributed by atoms with Gasteiger partial charge in [0.25, 0.3) is 0 Å². The van der Waals surface area contributed by atoms with Gasteiger partial charge in [-0.25, -0.2) is 0 Å². The molecule has 1 nitrogen and oxygen atoms in total. The Bertz CT molecular complexity index is 297. The van der Waals surface area contributed by atoms with Gasteiger partial charge >= 0.3 is 0 Å². The zero-order valence-electron chi connectivity index (χ0n) is 8.90. The van der Waals surface area contributed by atoms with Gasteiger partial charge in [0.2, 0.25) is 0 Å². The SMILES string of the molecule is C#CCCN(C)C(C)c1ccccc1. The Labute approximate surface area is 86.7 Å². The van der Waals surface area contributed by atoms with Crippen molar-refractivity contribution in [3.63, 3.8) is 0 Å². The van der Waals surface area contributed by atoms with Crippen molar-refractivity contribution in [1.29, 1.82) is 0 Å². The molecule has 1 unspecified atom stereocenters. The molecule has 1 aromatic rings. The van der Waals surface area contributed by atoms with Gasteiger partial charge in [-0.2, -0.15) is 0 Å². The maximum Gasteiger partial charge on any atom is 0.0317 e. The average molecular weight is 187 g/mol. The van der Waals surface area contributed by atoms with Crippen molar-refractivity contribution in [3.8, 4) is 12.3 Å². The second-order valence-electron chi connectivity index (χ2n) is 3.52. The summed E-state index contributed by atoms with van der Waals surface area (Å²) in [4.78, 5) is 2.27. The van der Waals surface area contributed by atoms with Crippen molar-refractivity contribution in [2.24, 2.45) is 0 Å². The van der Waals surface area contributed by atoms with Gasteiger partial charge in [-0.1, -0.05) is 30.3 Å². The van der Waals surface area contributed by atoms with Crippen LogP contribution in [0.4, 0.5) is 0 Å². The van der Waals surface area contributed by atoms with Crippen LogP contribution in [-0.2, 0) is 0 Å². The van der Waals surface area contributed by atoms with E-state index in [0.29, 0.717) is 6.04 Å². The molecule has 0 bridgehead atoms. The monoisotopic (exact) mass is 187 g/mol. The van der Waals surface area contributed by atoms with Crippen molar-refractivity contribution in [3.05, 3.63) is 35.9 Å². The molecule has 0 aromatic heterocycles. The molecule has 0 aliphatic rings. The highest BCUT2D eigenvalue weighted by Crippen LogP contribution is 2.17. The molecule has 1 aromatic carbocycles. The lowest BCUT2D eigenvalue weighted by atomic mass is 10.1. The van der Waals surface area contributed by atoms with Crippen LogP contribution in [0.2, 0.25) is 0 Å². The van der Waals surface area contributed by atoms with E-state index < -0.39 is 0 Å². The molecule has 1 heteroatoms. The van der Waals surface area contributed by atoms with Gasteiger partial charge in [-0.3, -0.25) is 4.90 Å². The Kier molecular flexibility index (Phi) is 4.22. The summed E-state index contributed by atoms with van der Waals surface area (Å²) in [6.45, 7) is 3.15. The molecular formula is C13H17N. The molecule has 0 N–H and O–H groups in total. The lowest BCUT2D eigenvalue weighted by molar-refractivity contribution is 0.268. The van der Waals surface area contributed by atoms with Crippen LogP contribution in [0.1, 0.15) is 24.9 Å². The Morgan fingerprint density at radius 3 is 2.57 bits per heavy atom. The van der Waals surface area contributed by atoms with Gasteiger partial charge in [0.15, 0.2) is 0 Å². The lowest BCUT2D eigenvalue weighted by Crippen LogP contribution is -2.23. The smallest absolute Gasteiger partial charge is 0.0317 e. The third-order valence-corrected chi connectivity index (χ3v) is 2.55. The number of benzene rings is 1. The van der Waals surface area contributed by atoms with E-state index in [1.807, 2.05) is 6.07 Å². The van der Waals surface area contributed by atoms with Crippen molar-refractivity contribution in [2.75, 3.05) is 13.6 Å². The summed E-state index contributed by atoms with van der Waals surface area (Å²) in [6.07, 6.45) is 6.05. The van der Waals surface area contributed by atoms with Gasteiger partial charge in [0.1, 0.15) is 0 Å². The molecule has 14 heavy (non-hydrogen) atoms. The maximum absolute atomic E-state index is 5.24. The fraction of sp³-hybridized carbons (Fsp3) is 0.385. The first-order valence-electron chi connectivity index (χ1n) is 4.94. The van der Waals surface area contributed by atoms with E-state index in [2.05, 4.69) is 49.1 Å². The third-order valence-electron chi connectivity index (χ3n) is 2.55. The number of terminal acetylenes is 1. The molecule has 0 amide bonds. The Hall–Kier alpha value is -1.26. The summed E-state index contributed by atoms with van der Waals surface area (Å²) >= 11 is 0. The molecule has 74 valence electrons. The molecule has 1 rings (SSSR count). The zero-order chi connectivity index (χ0) is 10.4. The second-order valence-corrected chi connectivity index (χ2v) is 3.52. The number of nitrogens with zero attached hydrogens (tertiary/aromatic N) is 1. The topological polar surface area (TPSA) is 3.24 Å². The summed E-state index contributed by atoms with van der Waals surface area (Å²) in [5, 5.41) is 0. The minimum absolute atomic E-state index is 0.435. The molecule has 0 aliphatic heterocycles. The van der Waals surface area contributed by atoms with Crippen LogP contribution in [0.25, 0.3) is 0 Å². The van der Waals surface area contributed by atoms with Gasteiger partial charge in [0, 0.05) is 19.0 Å². The van der Waals surface area contributed by atoms with E-state index >= 15 is 0 Å².